The molecule has 0 amide bonds. The van der Waals surface area contributed by atoms with Crippen LogP contribution in [0.4, 0.5) is 0 Å². The van der Waals surface area contributed by atoms with Gasteiger partial charge in [-0.2, -0.15) is 0 Å². The fraction of sp³-hybridized carbons (Fsp3) is 0.412. The molecule has 3 aliphatic rings. The third-order valence-corrected chi connectivity index (χ3v) is 5.20. The number of ketones is 1. The highest BCUT2D eigenvalue weighted by molar-refractivity contribution is 6.09. The van der Waals surface area contributed by atoms with Crippen LogP contribution in [0.15, 0.2) is 30.5 Å². The van der Waals surface area contributed by atoms with Crippen LogP contribution in [0.1, 0.15) is 10.4 Å². The summed E-state index contributed by atoms with van der Waals surface area (Å²) in [6.07, 6.45) is 1.64. The first-order valence-corrected chi connectivity index (χ1v) is 7.84. The smallest absolute Gasteiger partial charge is 0.217 e. The van der Waals surface area contributed by atoms with Crippen LogP contribution < -0.4 is 0 Å². The molecule has 0 unspecified atom stereocenters. The van der Waals surface area contributed by atoms with E-state index in [1.54, 1.807) is 18.3 Å². The molecule has 1 aromatic heterocycles. The van der Waals surface area contributed by atoms with E-state index in [2.05, 4.69) is 9.88 Å². The maximum absolute atomic E-state index is 12.9. The fourth-order valence-corrected chi connectivity index (χ4v) is 3.76. The zero-order chi connectivity index (χ0) is 15.2. The Kier molecular flexibility index (Phi) is 3.13. The monoisotopic (exact) mass is 298 g/mol. The highest BCUT2D eigenvalue weighted by Crippen LogP contribution is 2.27. The van der Waals surface area contributed by atoms with Crippen molar-refractivity contribution in [3.05, 3.63) is 36.0 Å². The largest absolute Gasteiger partial charge is 0.506 e. The molecule has 0 spiro atoms. The summed E-state index contributed by atoms with van der Waals surface area (Å²) in [4.78, 5) is 19.6. The van der Waals surface area contributed by atoms with Gasteiger partial charge in [0.25, 0.3) is 0 Å². The number of quaternary nitrogens is 1. The molecule has 22 heavy (non-hydrogen) atoms. The number of phenols is 1. The lowest BCUT2D eigenvalue weighted by molar-refractivity contribution is -0.933. The molecule has 3 fully saturated rings. The number of Topliss-reactive ketones (excluding diaryl/α,β-unsaturated/α-hetero) is 1. The predicted octanol–water partition coefficient (Wildman–Crippen LogP) is 1.27. The molecule has 5 rings (SSSR count). The van der Waals surface area contributed by atoms with Gasteiger partial charge in [-0.3, -0.25) is 14.7 Å². The van der Waals surface area contributed by atoms with E-state index in [1.807, 2.05) is 12.1 Å². The van der Waals surface area contributed by atoms with Crippen LogP contribution in [0, 0.1) is 0 Å². The van der Waals surface area contributed by atoms with Crippen LogP contribution >= 0.6 is 0 Å². The lowest BCUT2D eigenvalue weighted by atomic mass is 10.0. The number of pyridine rings is 1. The van der Waals surface area contributed by atoms with Crippen LogP contribution in [0.5, 0.6) is 5.75 Å². The number of hydrogen-bond acceptors (Lipinski definition) is 4. The predicted molar refractivity (Wildman–Crippen MR) is 83.9 cm³/mol. The molecule has 0 radical (unpaired) electrons. The molecule has 5 heteroatoms. The number of fused-ring (bicyclic) bond motifs is 4. The Hall–Kier alpha value is -1.98. The number of carbonyl (C=O) groups is 1. The van der Waals surface area contributed by atoms with Gasteiger partial charge in [0.05, 0.1) is 19.6 Å². The second kappa shape index (κ2) is 5.04. The molecule has 1 N–H and O–H groups in total. The normalized spacial score (nSPS) is 27.2. The van der Waals surface area contributed by atoms with E-state index in [9.17, 15) is 9.90 Å². The Morgan fingerprint density at radius 2 is 1.91 bits per heavy atom. The van der Waals surface area contributed by atoms with Gasteiger partial charge in [-0.15, -0.1) is 0 Å². The van der Waals surface area contributed by atoms with E-state index in [0.717, 1.165) is 49.1 Å². The summed E-state index contributed by atoms with van der Waals surface area (Å²) in [7, 11) is 0. The van der Waals surface area contributed by atoms with E-state index < -0.39 is 0 Å². The van der Waals surface area contributed by atoms with Crippen LogP contribution in [0.25, 0.3) is 10.9 Å². The average molecular weight is 298 g/mol. The van der Waals surface area contributed by atoms with Crippen molar-refractivity contribution in [2.24, 2.45) is 0 Å². The quantitative estimate of drug-likeness (QED) is 0.685. The van der Waals surface area contributed by atoms with Crippen molar-refractivity contribution in [3.63, 3.8) is 0 Å². The Balaban J connectivity index is 1.67. The Bertz CT molecular complexity index is 722. The number of rotatable bonds is 3. The number of aromatic nitrogens is 1. The third kappa shape index (κ3) is 2.17. The summed E-state index contributed by atoms with van der Waals surface area (Å²) in [5.41, 5.74) is 1.19. The lowest BCUT2D eigenvalue weighted by Crippen LogP contribution is -2.68. The van der Waals surface area contributed by atoms with Crippen molar-refractivity contribution < 1.29 is 14.4 Å². The molecular weight excluding hydrogens is 278 g/mol. The molecule has 0 atom stereocenters. The van der Waals surface area contributed by atoms with Crippen molar-refractivity contribution in [1.82, 2.24) is 9.88 Å². The van der Waals surface area contributed by atoms with Crippen molar-refractivity contribution in [2.45, 2.75) is 0 Å². The van der Waals surface area contributed by atoms with Crippen molar-refractivity contribution >= 4 is 16.7 Å². The number of piperazine rings is 3. The van der Waals surface area contributed by atoms with Gasteiger partial charge in [-0.05, 0) is 18.2 Å². The SMILES string of the molecule is O=C(C[N+]12CCN(CC1)CC2)c1ccc(O)c2ncccc12. The second-order valence-corrected chi connectivity index (χ2v) is 6.47. The maximum atomic E-state index is 12.9. The minimum Gasteiger partial charge on any atom is -0.506 e. The Morgan fingerprint density at radius 3 is 2.64 bits per heavy atom. The van der Waals surface area contributed by atoms with E-state index in [0.29, 0.717) is 17.6 Å². The average Bonchev–Trinajstić information content (AvgIpc) is 2.56. The fourth-order valence-electron chi connectivity index (χ4n) is 3.76. The van der Waals surface area contributed by atoms with E-state index in [4.69, 9.17) is 0 Å². The first-order valence-electron chi connectivity index (χ1n) is 7.84. The number of nitrogens with zero attached hydrogens (tertiary/aromatic N) is 3. The standard InChI is InChI=1S/C17H19N3O2/c21-15-4-3-13(14-2-1-5-18-17(14)15)16(22)12-20-9-6-19(7-10-20)8-11-20/h1-5H,6-12H2/p+1. The molecule has 1 aromatic carbocycles. The van der Waals surface area contributed by atoms with Gasteiger partial charge in [0.1, 0.15) is 17.8 Å². The van der Waals surface area contributed by atoms with Gasteiger partial charge >= 0.3 is 0 Å². The van der Waals surface area contributed by atoms with Crippen LogP contribution in [-0.2, 0) is 0 Å². The van der Waals surface area contributed by atoms with E-state index in [-0.39, 0.29) is 11.5 Å². The number of benzene rings is 1. The third-order valence-electron chi connectivity index (χ3n) is 5.20. The molecule has 2 aromatic rings. The first-order chi connectivity index (χ1) is 10.7. The summed E-state index contributed by atoms with van der Waals surface area (Å²) in [5, 5.41) is 10.7. The minimum absolute atomic E-state index is 0.130. The number of phenolic OH excluding ortho intramolecular Hbond substituents is 1. The summed E-state index contributed by atoms with van der Waals surface area (Å²) in [6.45, 7) is 7.07. The zero-order valence-corrected chi connectivity index (χ0v) is 12.5. The molecular formula is C17H20N3O2+. The molecule has 3 aliphatic heterocycles. The maximum Gasteiger partial charge on any atom is 0.217 e. The van der Waals surface area contributed by atoms with Crippen LogP contribution in [-0.4, -0.2) is 71.1 Å². The topological polar surface area (TPSA) is 53.4 Å². The van der Waals surface area contributed by atoms with Gasteiger partial charge in [0, 0.05) is 36.8 Å². The Morgan fingerprint density at radius 1 is 1.18 bits per heavy atom. The highest BCUT2D eigenvalue weighted by atomic mass is 16.3. The number of carbonyl (C=O) groups excluding carboxylic acids is 1. The second-order valence-electron chi connectivity index (χ2n) is 6.47. The first kappa shape index (κ1) is 13.7. The van der Waals surface area contributed by atoms with Gasteiger partial charge in [-0.1, -0.05) is 6.07 Å². The number of hydrogen-bond donors (Lipinski definition) is 1. The van der Waals surface area contributed by atoms with Crippen molar-refractivity contribution in [3.8, 4) is 5.75 Å². The van der Waals surface area contributed by atoms with Gasteiger partial charge in [-0.25, -0.2) is 0 Å². The summed E-state index contributed by atoms with van der Waals surface area (Å²) >= 11 is 0. The number of aromatic hydroxyl groups is 1. The highest BCUT2D eigenvalue weighted by Gasteiger charge is 2.40. The van der Waals surface area contributed by atoms with E-state index >= 15 is 0 Å². The molecule has 0 saturated carbocycles. The minimum atomic E-state index is 0.130. The van der Waals surface area contributed by atoms with Crippen LogP contribution in [0.2, 0.25) is 0 Å². The van der Waals surface area contributed by atoms with Gasteiger partial charge in [0.2, 0.25) is 5.78 Å². The summed E-state index contributed by atoms with van der Waals surface area (Å²) in [5.74, 6) is 0.291. The van der Waals surface area contributed by atoms with Crippen molar-refractivity contribution in [2.75, 3.05) is 45.8 Å². The molecule has 4 heterocycles. The summed E-state index contributed by atoms with van der Waals surface area (Å²) in [6, 6.07) is 6.99. The molecule has 114 valence electrons. The van der Waals surface area contributed by atoms with Gasteiger partial charge in [0.15, 0.2) is 0 Å². The molecule has 0 aliphatic carbocycles. The molecule has 2 bridgehead atoms. The zero-order valence-electron chi connectivity index (χ0n) is 12.5. The lowest BCUT2D eigenvalue weighted by Gasteiger charge is -2.50. The summed E-state index contributed by atoms with van der Waals surface area (Å²) < 4.78 is 0.915. The van der Waals surface area contributed by atoms with Gasteiger partial charge < -0.3 is 9.59 Å². The molecule has 3 saturated heterocycles. The van der Waals surface area contributed by atoms with Crippen molar-refractivity contribution in [1.29, 1.82) is 0 Å². The Labute approximate surface area is 129 Å². The van der Waals surface area contributed by atoms with E-state index in [1.165, 1.54) is 0 Å². The molecule has 5 nitrogen and oxygen atoms in total. The van der Waals surface area contributed by atoms with Crippen LogP contribution in [0.3, 0.4) is 0 Å².